The summed E-state index contributed by atoms with van der Waals surface area (Å²) in [6.45, 7) is 2.32. The number of halogens is 1. The number of ether oxygens (including phenoxy) is 1. The second-order valence-corrected chi connectivity index (χ2v) is 5.96. The van der Waals surface area contributed by atoms with Gasteiger partial charge in [0.25, 0.3) is 5.91 Å². The first-order valence-electron chi connectivity index (χ1n) is 8.12. The van der Waals surface area contributed by atoms with Crippen LogP contribution in [0, 0.1) is 12.7 Å². The number of hydrogen-bond acceptors (Lipinski definition) is 3. The molecular formula is C19H19FN2O3. The minimum absolute atomic E-state index is 0.119. The van der Waals surface area contributed by atoms with E-state index in [0.29, 0.717) is 12.2 Å². The molecule has 0 saturated carbocycles. The van der Waals surface area contributed by atoms with Gasteiger partial charge in [-0.1, -0.05) is 6.07 Å². The summed E-state index contributed by atoms with van der Waals surface area (Å²) in [5.74, 6) is -0.301. The van der Waals surface area contributed by atoms with Gasteiger partial charge in [0, 0.05) is 18.7 Å². The highest BCUT2D eigenvalue weighted by atomic mass is 19.1. The van der Waals surface area contributed by atoms with E-state index in [9.17, 15) is 14.0 Å². The lowest BCUT2D eigenvalue weighted by Crippen LogP contribution is -2.23. The molecule has 0 unspecified atom stereocenters. The fourth-order valence-electron chi connectivity index (χ4n) is 2.71. The Morgan fingerprint density at radius 2 is 2.00 bits per heavy atom. The number of rotatable bonds is 5. The Hall–Kier alpha value is -2.89. The van der Waals surface area contributed by atoms with Crippen LogP contribution < -0.4 is 15.0 Å². The highest BCUT2D eigenvalue weighted by Crippen LogP contribution is 2.24. The molecule has 1 saturated heterocycles. The van der Waals surface area contributed by atoms with Gasteiger partial charge in [0.2, 0.25) is 5.91 Å². The first kappa shape index (κ1) is 17.0. The van der Waals surface area contributed by atoms with Gasteiger partial charge in [-0.2, -0.15) is 0 Å². The number of nitrogens with one attached hydrogen (secondary N) is 1. The molecule has 3 rings (SSSR count). The minimum Gasteiger partial charge on any atom is -0.484 e. The van der Waals surface area contributed by atoms with Crippen molar-refractivity contribution in [3.63, 3.8) is 0 Å². The van der Waals surface area contributed by atoms with Gasteiger partial charge in [0.05, 0.1) is 5.69 Å². The lowest BCUT2D eigenvalue weighted by molar-refractivity contribution is -0.118. The van der Waals surface area contributed by atoms with Crippen LogP contribution in [0.3, 0.4) is 0 Å². The van der Waals surface area contributed by atoms with Crippen molar-refractivity contribution < 1.29 is 18.7 Å². The van der Waals surface area contributed by atoms with E-state index in [0.717, 1.165) is 24.2 Å². The molecule has 0 atom stereocenters. The molecule has 1 N–H and O–H groups in total. The molecule has 25 heavy (non-hydrogen) atoms. The van der Waals surface area contributed by atoms with Crippen molar-refractivity contribution in [3.05, 3.63) is 53.8 Å². The lowest BCUT2D eigenvalue weighted by Gasteiger charge is -2.16. The van der Waals surface area contributed by atoms with Crippen LogP contribution in [-0.4, -0.2) is 25.0 Å². The molecule has 0 radical (unpaired) electrons. The summed E-state index contributed by atoms with van der Waals surface area (Å²) < 4.78 is 19.0. The number of aryl methyl sites for hydroxylation is 1. The van der Waals surface area contributed by atoms with E-state index in [1.165, 1.54) is 6.07 Å². The molecule has 2 aromatic rings. The molecule has 1 fully saturated rings. The number of benzene rings is 2. The van der Waals surface area contributed by atoms with Crippen molar-refractivity contribution in [2.75, 3.05) is 23.4 Å². The first-order chi connectivity index (χ1) is 12.0. The van der Waals surface area contributed by atoms with Crippen molar-refractivity contribution in [2.45, 2.75) is 19.8 Å². The maximum atomic E-state index is 13.6. The van der Waals surface area contributed by atoms with Gasteiger partial charge in [-0.05, 0) is 55.3 Å². The van der Waals surface area contributed by atoms with Crippen LogP contribution in [0.15, 0.2) is 42.5 Å². The van der Waals surface area contributed by atoms with Crippen molar-refractivity contribution in [1.29, 1.82) is 0 Å². The minimum atomic E-state index is -0.487. The smallest absolute Gasteiger partial charge is 0.262 e. The Kier molecular flexibility index (Phi) is 4.97. The Bertz CT molecular complexity index is 790. The van der Waals surface area contributed by atoms with E-state index < -0.39 is 11.7 Å². The van der Waals surface area contributed by atoms with E-state index >= 15 is 0 Å². The Morgan fingerprint density at radius 3 is 2.68 bits per heavy atom. The third-order valence-electron chi connectivity index (χ3n) is 3.99. The molecule has 6 heteroatoms. The molecule has 0 spiro atoms. The van der Waals surface area contributed by atoms with E-state index in [4.69, 9.17) is 4.74 Å². The second-order valence-electron chi connectivity index (χ2n) is 5.96. The summed E-state index contributed by atoms with van der Waals surface area (Å²) in [5.41, 5.74) is 1.81. The molecular weight excluding hydrogens is 323 g/mol. The number of nitrogens with zero attached hydrogens (tertiary/aromatic N) is 1. The van der Waals surface area contributed by atoms with Crippen LogP contribution in [0.2, 0.25) is 0 Å². The molecule has 1 aliphatic rings. The highest BCUT2D eigenvalue weighted by molar-refractivity contribution is 5.95. The van der Waals surface area contributed by atoms with E-state index in [1.54, 1.807) is 41.3 Å². The van der Waals surface area contributed by atoms with Crippen LogP contribution in [-0.2, 0) is 9.59 Å². The molecule has 1 aliphatic heterocycles. The zero-order chi connectivity index (χ0) is 17.8. The lowest BCUT2D eigenvalue weighted by atomic mass is 10.2. The van der Waals surface area contributed by atoms with Crippen LogP contribution >= 0.6 is 0 Å². The normalized spacial score (nSPS) is 13.8. The van der Waals surface area contributed by atoms with E-state index in [1.807, 2.05) is 6.92 Å². The Labute approximate surface area is 145 Å². The first-order valence-corrected chi connectivity index (χ1v) is 8.12. The summed E-state index contributed by atoms with van der Waals surface area (Å²) in [4.78, 5) is 25.4. The quantitative estimate of drug-likeness (QED) is 0.907. The maximum Gasteiger partial charge on any atom is 0.262 e. The highest BCUT2D eigenvalue weighted by Gasteiger charge is 2.21. The predicted octanol–water partition coefficient (Wildman–Crippen LogP) is 3.28. The number of amides is 2. The Morgan fingerprint density at radius 1 is 1.24 bits per heavy atom. The molecule has 2 amide bonds. The average molecular weight is 342 g/mol. The standard InChI is InChI=1S/C19H19FN2O3/c1-13-4-9-16(20)17(11-13)21-18(23)12-25-15-7-5-14(6-8-15)22-10-2-3-19(22)24/h4-9,11H,2-3,10,12H2,1H3,(H,21,23). The van der Waals surface area contributed by atoms with Crippen LogP contribution in [0.25, 0.3) is 0 Å². The molecule has 130 valence electrons. The average Bonchev–Trinajstić information content (AvgIpc) is 3.03. The van der Waals surface area contributed by atoms with Crippen LogP contribution in [0.5, 0.6) is 5.75 Å². The fraction of sp³-hybridized carbons (Fsp3) is 0.263. The summed E-state index contributed by atoms with van der Waals surface area (Å²) in [5, 5.41) is 2.49. The van der Waals surface area contributed by atoms with Gasteiger partial charge in [-0.15, -0.1) is 0 Å². The van der Waals surface area contributed by atoms with E-state index in [2.05, 4.69) is 5.32 Å². The van der Waals surface area contributed by atoms with Crippen molar-refractivity contribution >= 4 is 23.2 Å². The Balaban J connectivity index is 1.55. The predicted molar refractivity (Wildman–Crippen MR) is 93.3 cm³/mol. The zero-order valence-corrected chi connectivity index (χ0v) is 13.9. The van der Waals surface area contributed by atoms with Gasteiger partial charge in [-0.25, -0.2) is 4.39 Å². The second kappa shape index (κ2) is 7.34. The van der Waals surface area contributed by atoms with Gasteiger partial charge >= 0.3 is 0 Å². The number of carbonyl (C=O) groups is 2. The largest absolute Gasteiger partial charge is 0.484 e. The van der Waals surface area contributed by atoms with Crippen LogP contribution in [0.4, 0.5) is 15.8 Å². The SMILES string of the molecule is Cc1ccc(F)c(NC(=O)COc2ccc(N3CCCC3=O)cc2)c1. The summed E-state index contributed by atoms with van der Waals surface area (Å²) >= 11 is 0. The number of hydrogen-bond donors (Lipinski definition) is 1. The number of anilines is 2. The van der Waals surface area contributed by atoms with Crippen LogP contribution in [0.1, 0.15) is 18.4 Å². The molecule has 0 bridgehead atoms. The number of carbonyl (C=O) groups excluding carboxylic acids is 2. The van der Waals surface area contributed by atoms with E-state index in [-0.39, 0.29) is 18.2 Å². The third-order valence-corrected chi connectivity index (χ3v) is 3.99. The summed E-state index contributed by atoms with van der Waals surface area (Å²) in [7, 11) is 0. The van der Waals surface area contributed by atoms with Crippen molar-refractivity contribution in [3.8, 4) is 5.75 Å². The van der Waals surface area contributed by atoms with Gasteiger partial charge in [-0.3, -0.25) is 9.59 Å². The molecule has 0 aliphatic carbocycles. The van der Waals surface area contributed by atoms with Crippen molar-refractivity contribution in [1.82, 2.24) is 0 Å². The van der Waals surface area contributed by atoms with Gasteiger partial charge in [0.1, 0.15) is 11.6 Å². The molecule has 2 aromatic carbocycles. The van der Waals surface area contributed by atoms with Crippen molar-refractivity contribution in [2.24, 2.45) is 0 Å². The fourth-order valence-corrected chi connectivity index (χ4v) is 2.71. The zero-order valence-electron chi connectivity index (χ0n) is 13.9. The summed E-state index contributed by atoms with van der Waals surface area (Å²) in [6, 6.07) is 11.5. The summed E-state index contributed by atoms with van der Waals surface area (Å²) in [6.07, 6.45) is 1.45. The molecule has 1 heterocycles. The molecule has 0 aromatic heterocycles. The van der Waals surface area contributed by atoms with Gasteiger partial charge < -0.3 is 15.0 Å². The third kappa shape index (κ3) is 4.15. The maximum absolute atomic E-state index is 13.6. The topological polar surface area (TPSA) is 58.6 Å². The molecule has 5 nitrogen and oxygen atoms in total. The van der Waals surface area contributed by atoms with Gasteiger partial charge in [0.15, 0.2) is 6.61 Å². The monoisotopic (exact) mass is 342 g/mol.